The zero-order valence-corrected chi connectivity index (χ0v) is 60.3. The third-order valence-corrected chi connectivity index (χ3v) is 22.5. The molecule has 0 amide bonds. The van der Waals surface area contributed by atoms with E-state index in [1.165, 1.54) is 32.8 Å². The minimum atomic E-state index is -0.260. The van der Waals surface area contributed by atoms with Crippen molar-refractivity contribution < 1.29 is 0 Å². The molecule has 4 aliphatic rings. The van der Waals surface area contributed by atoms with Gasteiger partial charge in [0.1, 0.15) is 0 Å². The first-order valence-electron chi connectivity index (χ1n) is 38.0. The van der Waals surface area contributed by atoms with E-state index in [0.717, 1.165) is 147 Å². The van der Waals surface area contributed by atoms with E-state index in [4.69, 9.17) is 0 Å². The number of rotatable bonds is 14. The Bertz CT molecular complexity index is 6330. The predicted octanol–water partition coefficient (Wildman–Crippen LogP) is 23.5. The molecule has 0 atom stereocenters. The summed E-state index contributed by atoms with van der Waals surface area (Å²) in [5.41, 5.74) is 35.8. The van der Waals surface area contributed by atoms with Crippen LogP contribution in [0, 0.1) is 0 Å². The Balaban J connectivity index is 0.899. The van der Waals surface area contributed by atoms with Gasteiger partial charge in [0, 0.05) is 90.5 Å². The lowest BCUT2D eigenvalue weighted by molar-refractivity contribution is 1.21. The van der Waals surface area contributed by atoms with E-state index in [2.05, 4.69) is 454 Å². The molecule has 0 saturated heterocycles. The molecule has 8 heteroatoms. The molecule has 0 bridgehead atoms. The van der Waals surface area contributed by atoms with Crippen molar-refractivity contribution in [1.82, 2.24) is 0 Å². The highest BCUT2D eigenvalue weighted by Crippen LogP contribution is 2.55. The van der Waals surface area contributed by atoms with Gasteiger partial charge in [-0.25, -0.2) is 0 Å². The van der Waals surface area contributed by atoms with Gasteiger partial charge in [-0.05, 0) is 170 Å². The molecular formula is C102H70B2N6. The van der Waals surface area contributed by atoms with Crippen molar-refractivity contribution in [3.8, 4) is 44.5 Å². The van der Waals surface area contributed by atoms with Gasteiger partial charge in [-0.2, -0.15) is 0 Å². The molecule has 17 aromatic rings. The molecule has 0 saturated carbocycles. The predicted molar refractivity (Wildman–Crippen MR) is 466 cm³/mol. The summed E-state index contributed by atoms with van der Waals surface area (Å²) < 4.78 is 0. The highest BCUT2D eigenvalue weighted by Gasteiger charge is 2.49. The minimum Gasteiger partial charge on any atom is -0.311 e. The summed E-state index contributed by atoms with van der Waals surface area (Å²) in [6.45, 7) is -0.512. The van der Waals surface area contributed by atoms with Gasteiger partial charge in [0.25, 0.3) is 13.4 Å². The highest BCUT2D eigenvalue weighted by molar-refractivity contribution is 7.03. The molecule has 0 fully saturated rings. The van der Waals surface area contributed by atoms with Crippen molar-refractivity contribution in [3.63, 3.8) is 0 Å². The van der Waals surface area contributed by atoms with Crippen LogP contribution in [-0.4, -0.2) is 13.4 Å². The second-order valence-electron chi connectivity index (χ2n) is 28.6. The zero-order valence-electron chi connectivity index (χ0n) is 60.3. The molecule has 0 spiro atoms. The van der Waals surface area contributed by atoms with Crippen LogP contribution < -0.4 is 62.2 Å². The summed E-state index contributed by atoms with van der Waals surface area (Å²) in [5, 5.41) is 0. The zero-order chi connectivity index (χ0) is 72.6. The van der Waals surface area contributed by atoms with Crippen LogP contribution in [0.3, 0.4) is 0 Å². The first-order chi connectivity index (χ1) is 54.7. The van der Waals surface area contributed by atoms with Gasteiger partial charge in [0.05, 0.1) is 34.1 Å². The van der Waals surface area contributed by atoms with E-state index in [0.29, 0.717) is 0 Å². The molecule has 0 radical (unpaired) electrons. The number of nitrogens with zero attached hydrogens (tertiary/aromatic N) is 6. The van der Waals surface area contributed by atoms with Crippen molar-refractivity contribution in [2.24, 2.45) is 0 Å². The Morgan fingerprint density at radius 2 is 0.445 bits per heavy atom. The molecule has 110 heavy (non-hydrogen) atoms. The Kier molecular flexibility index (Phi) is 15.7. The summed E-state index contributed by atoms with van der Waals surface area (Å²) >= 11 is 0. The first kappa shape index (κ1) is 64.1. The topological polar surface area (TPSA) is 19.4 Å². The monoisotopic (exact) mass is 1400 g/mol. The summed E-state index contributed by atoms with van der Waals surface area (Å²) in [5.74, 6) is 0. The average molecular weight is 1400 g/mol. The molecule has 0 aromatic heterocycles. The number of hydrogen-bond donors (Lipinski definition) is 0. The van der Waals surface area contributed by atoms with Crippen molar-refractivity contribution >= 4 is 149 Å². The maximum absolute atomic E-state index is 2.66. The largest absolute Gasteiger partial charge is 0.311 e. The quantitative estimate of drug-likeness (QED) is 0.100. The molecule has 4 heterocycles. The summed E-state index contributed by atoms with van der Waals surface area (Å²) in [6, 6.07) is 157. The Hall–Kier alpha value is -14.3. The number of benzene rings is 17. The lowest BCUT2D eigenvalue weighted by Crippen LogP contribution is -2.65. The van der Waals surface area contributed by atoms with Gasteiger partial charge in [0.15, 0.2) is 0 Å². The average Bonchev–Trinajstić information content (AvgIpc) is 0.680. The number of fused-ring (bicyclic) bond motifs is 8. The normalized spacial score (nSPS) is 12.6. The molecule has 0 N–H and O–H groups in total. The lowest BCUT2D eigenvalue weighted by Gasteiger charge is -2.48. The van der Waals surface area contributed by atoms with Crippen LogP contribution in [0.15, 0.2) is 425 Å². The third-order valence-electron chi connectivity index (χ3n) is 22.5. The molecule has 0 unspecified atom stereocenters. The van der Waals surface area contributed by atoms with E-state index in [-0.39, 0.29) is 13.4 Å². The number of anilines is 18. The molecular weight excluding hydrogens is 1330 g/mol. The van der Waals surface area contributed by atoms with Crippen molar-refractivity contribution in [2.75, 3.05) is 29.4 Å². The Labute approximate surface area is 643 Å². The van der Waals surface area contributed by atoms with Crippen LogP contribution in [0.5, 0.6) is 0 Å². The van der Waals surface area contributed by atoms with E-state index in [1.807, 2.05) is 0 Å². The number of para-hydroxylation sites is 10. The van der Waals surface area contributed by atoms with Gasteiger partial charge < -0.3 is 29.4 Å². The molecule has 4 aliphatic heterocycles. The summed E-state index contributed by atoms with van der Waals surface area (Å²) in [7, 11) is 0. The summed E-state index contributed by atoms with van der Waals surface area (Å²) in [4.78, 5) is 15.4. The SMILES string of the molecule is c1ccc(-c2ccccc2N(c2ccccc2)c2cc3c4c(c2)N(c2ccccc2-c2ccccc2)c2ccccc2B4c2cc4c(cc2N3c2ccccc2)N(c2ccccc2-c2ccccc2)c2cc(N(c3ccccc3)c3ccccc3-c3ccccc3)cc3c2B4c2ccccc2N3c2ccccc2)cc1. The van der Waals surface area contributed by atoms with Crippen LogP contribution in [0.2, 0.25) is 0 Å². The lowest BCUT2D eigenvalue weighted by atomic mass is 9.30. The molecule has 21 rings (SSSR count). The second-order valence-corrected chi connectivity index (χ2v) is 28.6. The van der Waals surface area contributed by atoms with Gasteiger partial charge in [-0.15, -0.1) is 0 Å². The standard InChI is InChI=1S/C102H70B2N6/c1-9-37-71(38-10-1)81-53-25-31-59-89(81)105(75-45-17-5-18-46-75)79-65-97-101-100(68-79)110(92-62-34-28-56-84(92)74-43-15-4-16-44-74)96-70-95-87(69-88(96)103(101)85-57-29-35-63-93(85)107(97)77-49-21-7-22-50-77)104-86-58-30-36-64-94(86)109(91-61-33-27-55-83(91)73-41-13-3-14-42-73)99-67-80(66-98(102(99)104)108(95)78-51-23-8-24-52-78)106(76-47-19-6-20-48-76)90-60-32-26-54-82(90)72-39-11-2-12-40-72/h1-70H. The number of hydrogen-bond acceptors (Lipinski definition) is 6. The van der Waals surface area contributed by atoms with Gasteiger partial charge in [-0.3, -0.25) is 0 Å². The van der Waals surface area contributed by atoms with Crippen LogP contribution in [0.25, 0.3) is 44.5 Å². The van der Waals surface area contributed by atoms with Crippen LogP contribution in [0.4, 0.5) is 102 Å². The van der Waals surface area contributed by atoms with E-state index in [1.54, 1.807) is 0 Å². The summed E-state index contributed by atoms with van der Waals surface area (Å²) in [6.07, 6.45) is 0. The van der Waals surface area contributed by atoms with E-state index in [9.17, 15) is 0 Å². The van der Waals surface area contributed by atoms with Gasteiger partial charge >= 0.3 is 0 Å². The fourth-order valence-corrected chi connectivity index (χ4v) is 18.0. The van der Waals surface area contributed by atoms with Crippen molar-refractivity contribution in [2.45, 2.75) is 0 Å². The van der Waals surface area contributed by atoms with Gasteiger partial charge in [0.2, 0.25) is 0 Å². The van der Waals surface area contributed by atoms with E-state index >= 15 is 0 Å². The maximum atomic E-state index is 2.66. The molecule has 17 aromatic carbocycles. The van der Waals surface area contributed by atoms with Crippen LogP contribution >= 0.6 is 0 Å². The molecule has 6 nitrogen and oxygen atoms in total. The Morgan fingerprint density at radius 3 is 0.845 bits per heavy atom. The van der Waals surface area contributed by atoms with Crippen molar-refractivity contribution in [3.05, 3.63) is 425 Å². The van der Waals surface area contributed by atoms with Gasteiger partial charge in [-0.1, -0.05) is 309 Å². The molecule has 514 valence electrons. The first-order valence-corrected chi connectivity index (χ1v) is 38.0. The fourth-order valence-electron chi connectivity index (χ4n) is 18.0. The highest BCUT2D eigenvalue weighted by atomic mass is 15.2. The van der Waals surface area contributed by atoms with Crippen LogP contribution in [0.1, 0.15) is 0 Å². The smallest absolute Gasteiger partial charge is 0.252 e. The van der Waals surface area contributed by atoms with E-state index < -0.39 is 0 Å². The van der Waals surface area contributed by atoms with Crippen LogP contribution in [-0.2, 0) is 0 Å². The minimum absolute atomic E-state index is 0.252. The third kappa shape index (κ3) is 10.6. The Morgan fingerprint density at radius 1 is 0.173 bits per heavy atom. The van der Waals surface area contributed by atoms with Crippen molar-refractivity contribution in [1.29, 1.82) is 0 Å². The molecule has 0 aliphatic carbocycles. The fraction of sp³-hybridized carbons (Fsp3) is 0. The maximum Gasteiger partial charge on any atom is 0.252 e. The second kappa shape index (κ2) is 26.9.